The van der Waals surface area contributed by atoms with Gasteiger partial charge in [-0.05, 0) is 31.5 Å². The number of carbonyl (C=O) groups excluding carboxylic acids is 1. The second-order valence-corrected chi connectivity index (χ2v) is 5.28. The van der Waals surface area contributed by atoms with Crippen molar-refractivity contribution in [2.24, 2.45) is 0 Å². The Hall–Kier alpha value is -1.39. The fourth-order valence-corrected chi connectivity index (χ4v) is 2.60. The highest BCUT2D eigenvalue weighted by molar-refractivity contribution is 7.15. The molecule has 0 fully saturated rings. The highest BCUT2D eigenvalue weighted by Crippen LogP contribution is 2.31. The molecule has 0 aliphatic heterocycles. The first-order chi connectivity index (χ1) is 8.61. The summed E-state index contributed by atoms with van der Waals surface area (Å²) in [5, 5.41) is 1.50. The van der Waals surface area contributed by atoms with E-state index in [0.29, 0.717) is 17.3 Å². The number of aryl methyl sites for hydroxylation is 1. The topological polar surface area (TPSA) is 39.2 Å². The Kier molecular flexibility index (Phi) is 3.99. The van der Waals surface area contributed by atoms with E-state index in [1.54, 1.807) is 19.1 Å². The SMILES string of the molecule is CCOC(=O)c1nc(C)sc1-c1ccc(Cl)cc1. The maximum absolute atomic E-state index is 11.8. The third-order valence-electron chi connectivity index (χ3n) is 2.31. The average molecular weight is 282 g/mol. The number of esters is 1. The zero-order valence-corrected chi connectivity index (χ0v) is 11.6. The minimum atomic E-state index is -0.383. The second kappa shape index (κ2) is 5.50. The highest BCUT2D eigenvalue weighted by Gasteiger charge is 2.19. The van der Waals surface area contributed by atoms with E-state index >= 15 is 0 Å². The van der Waals surface area contributed by atoms with E-state index in [-0.39, 0.29) is 5.97 Å². The summed E-state index contributed by atoms with van der Waals surface area (Å²) in [5.74, 6) is -0.383. The van der Waals surface area contributed by atoms with Gasteiger partial charge in [0.15, 0.2) is 5.69 Å². The quantitative estimate of drug-likeness (QED) is 0.800. The maximum atomic E-state index is 11.8. The van der Waals surface area contributed by atoms with Crippen LogP contribution in [0.3, 0.4) is 0 Å². The zero-order chi connectivity index (χ0) is 13.1. The van der Waals surface area contributed by atoms with Crippen LogP contribution >= 0.6 is 22.9 Å². The first kappa shape index (κ1) is 13.1. The van der Waals surface area contributed by atoms with Crippen molar-refractivity contribution in [3.8, 4) is 10.4 Å². The molecule has 0 unspecified atom stereocenters. The summed E-state index contributed by atoms with van der Waals surface area (Å²) in [7, 11) is 0. The van der Waals surface area contributed by atoms with Crippen LogP contribution in [0.15, 0.2) is 24.3 Å². The van der Waals surface area contributed by atoms with Crippen molar-refractivity contribution in [1.82, 2.24) is 4.98 Å². The number of rotatable bonds is 3. The van der Waals surface area contributed by atoms with Crippen LogP contribution in [0, 0.1) is 6.92 Å². The van der Waals surface area contributed by atoms with Gasteiger partial charge in [0.25, 0.3) is 0 Å². The van der Waals surface area contributed by atoms with Crippen molar-refractivity contribution in [2.45, 2.75) is 13.8 Å². The summed E-state index contributed by atoms with van der Waals surface area (Å²) in [6, 6.07) is 7.33. The molecule has 0 aliphatic rings. The van der Waals surface area contributed by atoms with Crippen LogP contribution in [0.4, 0.5) is 0 Å². The standard InChI is InChI=1S/C13H12ClNO2S/c1-3-17-13(16)11-12(18-8(2)15-11)9-4-6-10(14)7-5-9/h4-7H,3H2,1-2H3. The van der Waals surface area contributed by atoms with Crippen molar-refractivity contribution in [1.29, 1.82) is 0 Å². The molecule has 0 atom stereocenters. The van der Waals surface area contributed by atoms with Crippen LogP contribution < -0.4 is 0 Å². The second-order valence-electron chi connectivity index (χ2n) is 3.64. The Morgan fingerprint density at radius 3 is 2.67 bits per heavy atom. The monoisotopic (exact) mass is 281 g/mol. The summed E-state index contributed by atoms with van der Waals surface area (Å²) in [5.41, 5.74) is 1.30. The predicted octanol–water partition coefficient (Wildman–Crippen LogP) is 3.95. The van der Waals surface area contributed by atoms with E-state index in [4.69, 9.17) is 16.3 Å². The van der Waals surface area contributed by atoms with Crippen LogP contribution in [-0.2, 0) is 4.74 Å². The van der Waals surface area contributed by atoms with Gasteiger partial charge >= 0.3 is 5.97 Å². The van der Waals surface area contributed by atoms with Gasteiger partial charge in [-0.2, -0.15) is 0 Å². The van der Waals surface area contributed by atoms with Gasteiger partial charge in [0.2, 0.25) is 0 Å². The van der Waals surface area contributed by atoms with E-state index in [2.05, 4.69) is 4.98 Å². The lowest BCUT2D eigenvalue weighted by molar-refractivity contribution is 0.0521. The molecular weight excluding hydrogens is 270 g/mol. The van der Waals surface area contributed by atoms with E-state index in [9.17, 15) is 4.79 Å². The number of hydrogen-bond donors (Lipinski definition) is 0. The minimum absolute atomic E-state index is 0.343. The van der Waals surface area contributed by atoms with Gasteiger partial charge in [0.05, 0.1) is 16.5 Å². The van der Waals surface area contributed by atoms with Crippen molar-refractivity contribution >= 4 is 28.9 Å². The number of ether oxygens (including phenoxy) is 1. The number of aromatic nitrogens is 1. The Morgan fingerprint density at radius 2 is 2.06 bits per heavy atom. The molecular formula is C13H12ClNO2S. The molecule has 1 aromatic heterocycles. The Labute approximate surface area is 114 Å². The molecule has 94 valence electrons. The molecule has 2 rings (SSSR count). The Morgan fingerprint density at radius 1 is 1.39 bits per heavy atom. The summed E-state index contributed by atoms with van der Waals surface area (Å²) in [4.78, 5) is 16.9. The molecule has 0 amide bonds. The first-order valence-corrected chi connectivity index (χ1v) is 6.71. The Bertz CT molecular complexity index is 563. The van der Waals surface area contributed by atoms with Crippen LogP contribution in [0.2, 0.25) is 5.02 Å². The fraction of sp³-hybridized carbons (Fsp3) is 0.231. The van der Waals surface area contributed by atoms with Gasteiger partial charge in [-0.3, -0.25) is 0 Å². The molecule has 0 saturated heterocycles. The van der Waals surface area contributed by atoms with E-state index < -0.39 is 0 Å². The van der Waals surface area contributed by atoms with Gasteiger partial charge in [-0.25, -0.2) is 9.78 Å². The van der Waals surface area contributed by atoms with E-state index in [1.165, 1.54) is 11.3 Å². The van der Waals surface area contributed by atoms with Crippen LogP contribution in [-0.4, -0.2) is 17.6 Å². The zero-order valence-electron chi connectivity index (χ0n) is 10.1. The van der Waals surface area contributed by atoms with Gasteiger partial charge in [-0.1, -0.05) is 23.7 Å². The Balaban J connectivity index is 2.44. The molecule has 2 aromatic rings. The number of nitrogens with zero attached hydrogens (tertiary/aromatic N) is 1. The molecule has 1 aromatic carbocycles. The first-order valence-electron chi connectivity index (χ1n) is 5.52. The molecule has 0 N–H and O–H groups in total. The summed E-state index contributed by atoms with van der Waals surface area (Å²) in [6.07, 6.45) is 0. The highest BCUT2D eigenvalue weighted by atomic mass is 35.5. The van der Waals surface area contributed by atoms with Gasteiger partial charge in [-0.15, -0.1) is 11.3 Å². The van der Waals surface area contributed by atoms with Crippen LogP contribution in [0.5, 0.6) is 0 Å². The van der Waals surface area contributed by atoms with Crippen LogP contribution in [0.1, 0.15) is 22.4 Å². The molecule has 0 spiro atoms. The fourth-order valence-electron chi connectivity index (χ4n) is 1.56. The lowest BCUT2D eigenvalue weighted by atomic mass is 10.1. The van der Waals surface area contributed by atoms with Gasteiger partial charge < -0.3 is 4.74 Å². The molecule has 0 aliphatic carbocycles. The normalized spacial score (nSPS) is 10.4. The summed E-state index contributed by atoms with van der Waals surface area (Å²) >= 11 is 7.33. The number of halogens is 1. The largest absolute Gasteiger partial charge is 0.461 e. The van der Waals surface area contributed by atoms with Crippen molar-refractivity contribution < 1.29 is 9.53 Å². The lowest BCUT2D eigenvalue weighted by Crippen LogP contribution is -2.06. The van der Waals surface area contributed by atoms with Crippen LogP contribution in [0.25, 0.3) is 10.4 Å². The molecule has 0 bridgehead atoms. The number of carbonyl (C=O) groups is 1. The number of benzene rings is 1. The number of thiazole rings is 1. The average Bonchev–Trinajstić information content (AvgIpc) is 2.73. The van der Waals surface area contributed by atoms with Crippen molar-refractivity contribution in [3.05, 3.63) is 40.0 Å². The van der Waals surface area contributed by atoms with Gasteiger partial charge in [0.1, 0.15) is 0 Å². The summed E-state index contributed by atoms with van der Waals surface area (Å²) in [6.45, 7) is 3.99. The van der Waals surface area contributed by atoms with Crippen molar-refractivity contribution in [3.63, 3.8) is 0 Å². The van der Waals surface area contributed by atoms with Gasteiger partial charge in [0, 0.05) is 5.02 Å². The molecule has 3 nitrogen and oxygen atoms in total. The molecule has 0 radical (unpaired) electrons. The van der Waals surface area contributed by atoms with Crippen molar-refractivity contribution in [2.75, 3.05) is 6.61 Å². The minimum Gasteiger partial charge on any atom is -0.461 e. The lowest BCUT2D eigenvalue weighted by Gasteiger charge is -2.02. The summed E-state index contributed by atoms with van der Waals surface area (Å²) < 4.78 is 5.01. The maximum Gasteiger partial charge on any atom is 0.358 e. The molecule has 1 heterocycles. The third kappa shape index (κ3) is 2.71. The predicted molar refractivity (Wildman–Crippen MR) is 73.3 cm³/mol. The van der Waals surface area contributed by atoms with E-state index in [1.807, 2.05) is 19.1 Å². The molecule has 18 heavy (non-hydrogen) atoms. The third-order valence-corrected chi connectivity index (χ3v) is 3.58. The molecule has 5 heteroatoms. The number of hydrogen-bond acceptors (Lipinski definition) is 4. The smallest absolute Gasteiger partial charge is 0.358 e. The van der Waals surface area contributed by atoms with E-state index in [0.717, 1.165) is 15.4 Å². The molecule has 0 saturated carbocycles.